The van der Waals surface area contributed by atoms with Crippen molar-refractivity contribution in [1.29, 1.82) is 0 Å². The van der Waals surface area contributed by atoms with Crippen LogP contribution in [0.2, 0.25) is 0 Å². The first-order chi connectivity index (χ1) is 19.0. The number of nitrogens with one attached hydrogen (secondary N) is 3. The molecule has 2 aromatic heterocycles. The first-order valence-electron chi connectivity index (χ1n) is 12.6. The molecule has 1 aromatic carbocycles. The highest BCUT2D eigenvalue weighted by Crippen LogP contribution is 2.38. The number of anilines is 2. The summed E-state index contributed by atoms with van der Waals surface area (Å²) in [6.07, 6.45) is 2.58. The lowest BCUT2D eigenvalue weighted by Gasteiger charge is -2.36. The first-order valence-corrected chi connectivity index (χ1v) is 14.1. The van der Waals surface area contributed by atoms with Gasteiger partial charge >= 0.3 is 0 Å². The van der Waals surface area contributed by atoms with E-state index >= 15 is 0 Å². The van der Waals surface area contributed by atoms with Crippen molar-refractivity contribution in [3.63, 3.8) is 0 Å². The van der Waals surface area contributed by atoms with Gasteiger partial charge in [-0.1, -0.05) is 13.8 Å². The highest BCUT2D eigenvalue weighted by atomic mass is 32.2. The second-order valence-electron chi connectivity index (χ2n) is 10.4. The Labute approximate surface area is 229 Å². The zero-order chi connectivity index (χ0) is 28.7. The van der Waals surface area contributed by atoms with E-state index in [0.717, 1.165) is 16.4 Å². The summed E-state index contributed by atoms with van der Waals surface area (Å²) >= 11 is 0. The Morgan fingerprint density at radius 2 is 1.80 bits per heavy atom. The molecule has 212 valence electrons. The van der Waals surface area contributed by atoms with Gasteiger partial charge in [-0.15, -0.1) is 0 Å². The summed E-state index contributed by atoms with van der Waals surface area (Å²) in [7, 11) is -4.29. The lowest BCUT2D eigenvalue weighted by Crippen LogP contribution is -2.45. The minimum atomic E-state index is -4.29. The molecule has 0 atom stereocenters. The molecule has 3 aromatic rings. The van der Waals surface area contributed by atoms with Crippen LogP contribution in [-0.2, 0) is 31.5 Å². The molecular formula is C26H28F2N6O5S. The van der Waals surface area contributed by atoms with E-state index in [2.05, 4.69) is 25.8 Å². The van der Waals surface area contributed by atoms with Gasteiger partial charge in [0.1, 0.15) is 17.5 Å². The number of H-pyrrole nitrogens is 1. The largest absolute Gasteiger partial charge is 0.381 e. The van der Waals surface area contributed by atoms with E-state index in [4.69, 9.17) is 4.74 Å². The highest BCUT2D eigenvalue weighted by molar-refractivity contribution is 7.89. The molecule has 0 unspecified atom stereocenters. The van der Waals surface area contributed by atoms with Crippen molar-refractivity contribution < 1.29 is 31.5 Å². The van der Waals surface area contributed by atoms with Gasteiger partial charge in [-0.3, -0.25) is 14.7 Å². The Bertz CT molecular complexity index is 1550. The number of hydrogen-bond acceptors (Lipinski definition) is 7. The third-order valence-electron chi connectivity index (χ3n) is 7.04. The number of aromatic nitrogens is 3. The number of nitrogens with zero attached hydrogens (tertiary/aromatic N) is 3. The van der Waals surface area contributed by atoms with Gasteiger partial charge < -0.3 is 15.4 Å². The molecule has 0 aliphatic carbocycles. The smallest absolute Gasteiger partial charge is 0.260 e. The van der Waals surface area contributed by atoms with Crippen LogP contribution in [0.5, 0.6) is 0 Å². The molecular weight excluding hydrogens is 546 g/mol. The lowest BCUT2D eigenvalue weighted by atomic mass is 9.84. The van der Waals surface area contributed by atoms with E-state index in [-0.39, 0.29) is 42.1 Å². The van der Waals surface area contributed by atoms with Gasteiger partial charge in [0.05, 0.1) is 10.5 Å². The fraction of sp³-hybridized carbons (Fsp3) is 0.385. The number of ether oxygens (including phenoxy) is 1. The Morgan fingerprint density at radius 1 is 1.10 bits per heavy atom. The number of hydrogen-bond donors (Lipinski definition) is 3. The van der Waals surface area contributed by atoms with Crippen molar-refractivity contribution in [2.24, 2.45) is 5.92 Å². The fourth-order valence-corrected chi connectivity index (χ4v) is 6.59. The molecule has 14 heteroatoms. The molecule has 5 rings (SSSR count). The first kappa shape index (κ1) is 27.8. The molecule has 0 spiro atoms. The number of pyridine rings is 1. The molecule has 1 fully saturated rings. The minimum Gasteiger partial charge on any atom is -0.381 e. The molecule has 1 saturated heterocycles. The van der Waals surface area contributed by atoms with Gasteiger partial charge in [0.25, 0.3) is 5.91 Å². The predicted octanol–water partition coefficient (Wildman–Crippen LogP) is 3.18. The van der Waals surface area contributed by atoms with Crippen LogP contribution in [-0.4, -0.2) is 59.5 Å². The molecule has 0 radical (unpaired) electrons. The third-order valence-corrected chi connectivity index (χ3v) is 8.81. The third kappa shape index (κ3) is 5.46. The second kappa shape index (κ2) is 10.7. The van der Waals surface area contributed by atoms with Crippen molar-refractivity contribution in [2.45, 2.75) is 43.5 Å². The molecule has 3 N–H and O–H groups in total. The number of halogens is 2. The monoisotopic (exact) mass is 574 g/mol. The van der Waals surface area contributed by atoms with Crippen LogP contribution < -0.4 is 10.6 Å². The van der Waals surface area contributed by atoms with Crippen molar-refractivity contribution in [1.82, 2.24) is 19.5 Å². The maximum Gasteiger partial charge on any atom is 0.260 e. The average molecular weight is 575 g/mol. The topological polar surface area (TPSA) is 146 Å². The van der Waals surface area contributed by atoms with Crippen molar-refractivity contribution in [2.75, 3.05) is 30.4 Å². The molecule has 2 aliphatic heterocycles. The number of rotatable bonds is 6. The Balaban J connectivity index is 1.40. The number of amides is 2. The van der Waals surface area contributed by atoms with Gasteiger partial charge in [0.15, 0.2) is 5.82 Å². The molecule has 11 nitrogen and oxygen atoms in total. The zero-order valence-electron chi connectivity index (χ0n) is 21.8. The summed E-state index contributed by atoms with van der Waals surface area (Å²) in [6, 6.07) is 5.17. The van der Waals surface area contributed by atoms with Crippen LogP contribution >= 0.6 is 0 Å². The van der Waals surface area contributed by atoms with Crippen LogP contribution in [0, 0.1) is 17.6 Å². The molecule has 0 saturated carbocycles. The van der Waals surface area contributed by atoms with E-state index in [0.29, 0.717) is 43.4 Å². The number of sulfonamides is 1. The Morgan fingerprint density at radius 3 is 2.50 bits per heavy atom. The van der Waals surface area contributed by atoms with Gasteiger partial charge in [-0.05, 0) is 37.1 Å². The molecule has 40 heavy (non-hydrogen) atoms. The van der Waals surface area contributed by atoms with E-state index in [1.165, 1.54) is 12.3 Å². The van der Waals surface area contributed by atoms with Gasteiger partial charge in [0, 0.05) is 61.2 Å². The van der Waals surface area contributed by atoms with Gasteiger partial charge in [0.2, 0.25) is 15.9 Å². The van der Waals surface area contributed by atoms with E-state index < -0.39 is 37.9 Å². The number of benzene rings is 1. The molecule has 2 amide bonds. The van der Waals surface area contributed by atoms with Crippen LogP contribution in [0.1, 0.15) is 48.3 Å². The number of aromatic amines is 1. The second-order valence-corrected chi connectivity index (χ2v) is 12.4. The molecule has 0 bridgehead atoms. The zero-order valence-corrected chi connectivity index (χ0v) is 22.6. The van der Waals surface area contributed by atoms with Crippen LogP contribution in [0.25, 0.3) is 0 Å². The van der Waals surface area contributed by atoms with Crippen molar-refractivity contribution in [3.05, 3.63) is 65.0 Å². The Hall–Kier alpha value is -3.75. The SMILES string of the molecule is CC1(C)CN(S(=O)(=O)c2cc(F)cc(F)c2)Cc2c(NC(=O)c3cccnc3NC(=O)C3CCOCC3)n[nH]c21. The number of fused-ring (bicyclic) bond motifs is 1. The minimum absolute atomic E-state index is 0.00103. The summed E-state index contributed by atoms with van der Waals surface area (Å²) in [5, 5.41) is 12.5. The van der Waals surface area contributed by atoms with E-state index in [9.17, 15) is 26.8 Å². The quantitative estimate of drug-likeness (QED) is 0.410. The van der Waals surface area contributed by atoms with Crippen LogP contribution in [0.3, 0.4) is 0 Å². The standard InChI is InChI=1S/C26H28F2N6O5S/c1-26(2)14-34(40(37,38)18-11-16(27)10-17(28)12-18)13-20-21(26)32-33-23(20)31-25(36)19-4-3-7-29-22(19)30-24(35)15-5-8-39-9-6-15/h3-4,7,10-12,15H,5-6,8-9,13-14H2,1-2H3,(H,29,30,35)(H2,31,32,33,36). The molecule has 2 aliphatic rings. The Kier molecular flexibility index (Phi) is 7.42. The number of carbonyl (C=O) groups excluding carboxylic acids is 2. The summed E-state index contributed by atoms with van der Waals surface area (Å²) in [5.41, 5.74) is 0.328. The maximum absolute atomic E-state index is 13.8. The van der Waals surface area contributed by atoms with Crippen LogP contribution in [0.4, 0.5) is 20.4 Å². The average Bonchev–Trinajstić information content (AvgIpc) is 3.32. The normalized spacial score (nSPS) is 17.7. The fourth-order valence-electron chi connectivity index (χ4n) is 4.97. The summed E-state index contributed by atoms with van der Waals surface area (Å²) in [4.78, 5) is 29.7. The summed E-state index contributed by atoms with van der Waals surface area (Å²) in [6.45, 7) is 4.33. The van der Waals surface area contributed by atoms with E-state index in [1.54, 1.807) is 19.9 Å². The van der Waals surface area contributed by atoms with Crippen molar-refractivity contribution >= 4 is 33.5 Å². The van der Waals surface area contributed by atoms with Gasteiger partial charge in [-0.25, -0.2) is 22.2 Å². The van der Waals surface area contributed by atoms with Crippen molar-refractivity contribution in [3.8, 4) is 0 Å². The van der Waals surface area contributed by atoms with Crippen LogP contribution in [0.15, 0.2) is 41.4 Å². The summed E-state index contributed by atoms with van der Waals surface area (Å²) in [5.74, 6) is -2.99. The van der Waals surface area contributed by atoms with E-state index in [1.807, 2.05) is 0 Å². The molecule has 4 heterocycles. The summed E-state index contributed by atoms with van der Waals surface area (Å²) < 4.78 is 60.8. The van der Waals surface area contributed by atoms with Gasteiger partial charge in [-0.2, -0.15) is 9.40 Å². The maximum atomic E-state index is 13.8. The highest BCUT2D eigenvalue weighted by Gasteiger charge is 2.41. The lowest BCUT2D eigenvalue weighted by molar-refractivity contribution is -0.122. The predicted molar refractivity (Wildman–Crippen MR) is 140 cm³/mol. The number of carbonyl (C=O) groups is 2.